The highest BCUT2D eigenvalue weighted by atomic mass is 16.4. The Morgan fingerprint density at radius 2 is 2.04 bits per heavy atom. The number of amides is 1. The summed E-state index contributed by atoms with van der Waals surface area (Å²) in [4.78, 5) is 23.7. The molecule has 0 saturated heterocycles. The number of carbonyl (C=O) groups excluding carboxylic acids is 1. The van der Waals surface area contributed by atoms with Crippen LogP contribution in [0.15, 0.2) is 24.4 Å². The van der Waals surface area contributed by atoms with Crippen LogP contribution in [0.2, 0.25) is 0 Å². The van der Waals surface area contributed by atoms with E-state index in [0.29, 0.717) is 6.42 Å². The van der Waals surface area contributed by atoms with E-state index in [1.54, 1.807) is 7.05 Å². The van der Waals surface area contributed by atoms with Crippen molar-refractivity contribution >= 4 is 11.9 Å². The first-order valence-corrected chi connectivity index (χ1v) is 7.48. The average Bonchev–Trinajstić information content (AvgIpc) is 2.87. The fraction of sp³-hybridized carbons (Fsp3) is 0.353. The van der Waals surface area contributed by atoms with Crippen molar-refractivity contribution in [1.29, 1.82) is 0 Å². The molecule has 0 aliphatic rings. The van der Waals surface area contributed by atoms with Gasteiger partial charge in [-0.25, -0.2) is 4.79 Å². The van der Waals surface area contributed by atoms with Gasteiger partial charge in [0.05, 0.1) is 6.04 Å². The Morgan fingerprint density at radius 3 is 2.61 bits per heavy atom. The fourth-order valence-electron chi connectivity index (χ4n) is 2.66. The van der Waals surface area contributed by atoms with E-state index in [4.69, 9.17) is 0 Å². The maximum Gasteiger partial charge on any atom is 0.339 e. The summed E-state index contributed by atoms with van der Waals surface area (Å²) >= 11 is 0. The van der Waals surface area contributed by atoms with Crippen LogP contribution in [0.25, 0.3) is 0 Å². The second-order valence-electron chi connectivity index (χ2n) is 5.66. The summed E-state index contributed by atoms with van der Waals surface area (Å²) in [5, 5.41) is 16.0. The number of carboxylic acid groups (broad SMARTS) is 1. The van der Waals surface area contributed by atoms with Crippen LogP contribution in [0.1, 0.15) is 56.9 Å². The van der Waals surface area contributed by atoms with Crippen molar-refractivity contribution in [3.63, 3.8) is 0 Å². The molecule has 1 aromatic carbocycles. The van der Waals surface area contributed by atoms with Gasteiger partial charge < -0.3 is 10.4 Å². The smallest absolute Gasteiger partial charge is 0.339 e. The molecule has 1 heterocycles. The van der Waals surface area contributed by atoms with Crippen LogP contribution in [-0.2, 0) is 7.05 Å². The third kappa shape index (κ3) is 3.59. The number of aromatic nitrogens is 2. The van der Waals surface area contributed by atoms with E-state index in [-0.39, 0.29) is 17.3 Å². The van der Waals surface area contributed by atoms with Gasteiger partial charge in [0.25, 0.3) is 5.91 Å². The summed E-state index contributed by atoms with van der Waals surface area (Å²) in [6.45, 7) is 5.99. The van der Waals surface area contributed by atoms with Crippen molar-refractivity contribution in [1.82, 2.24) is 15.1 Å². The van der Waals surface area contributed by atoms with Gasteiger partial charge in [0.15, 0.2) is 5.69 Å². The third-order valence-electron chi connectivity index (χ3n) is 3.79. The number of benzene rings is 1. The molecule has 2 aromatic rings. The number of nitrogens with zero attached hydrogens (tertiary/aromatic N) is 2. The second-order valence-corrected chi connectivity index (χ2v) is 5.66. The van der Waals surface area contributed by atoms with E-state index in [1.165, 1.54) is 10.9 Å². The van der Waals surface area contributed by atoms with E-state index < -0.39 is 11.9 Å². The number of hydrogen-bond donors (Lipinski definition) is 2. The van der Waals surface area contributed by atoms with Gasteiger partial charge in [0.1, 0.15) is 5.56 Å². The van der Waals surface area contributed by atoms with Gasteiger partial charge in [-0.2, -0.15) is 5.10 Å². The quantitative estimate of drug-likeness (QED) is 0.888. The molecule has 0 fully saturated rings. The summed E-state index contributed by atoms with van der Waals surface area (Å²) in [6, 6.07) is 5.87. The molecule has 0 unspecified atom stereocenters. The maximum absolute atomic E-state index is 12.5. The number of carbonyl (C=O) groups is 2. The molecule has 6 nitrogen and oxygen atoms in total. The lowest BCUT2D eigenvalue weighted by Gasteiger charge is -2.19. The van der Waals surface area contributed by atoms with Crippen LogP contribution in [0.3, 0.4) is 0 Å². The maximum atomic E-state index is 12.5. The summed E-state index contributed by atoms with van der Waals surface area (Å²) in [6.07, 6.45) is 2.03. The number of rotatable bonds is 5. The molecule has 122 valence electrons. The van der Waals surface area contributed by atoms with Crippen LogP contribution in [0.4, 0.5) is 0 Å². The van der Waals surface area contributed by atoms with Gasteiger partial charge in [-0.3, -0.25) is 9.48 Å². The van der Waals surface area contributed by atoms with Crippen LogP contribution in [-0.4, -0.2) is 26.8 Å². The summed E-state index contributed by atoms with van der Waals surface area (Å²) < 4.78 is 1.33. The third-order valence-corrected chi connectivity index (χ3v) is 3.79. The van der Waals surface area contributed by atoms with Gasteiger partial charge in [-0.1, -0.05) is 30.7 Å². The van der Waals surface area contributed by atoms with Gasteiger partial charge >= 0.3 is 5.97 Å². The first-order valence-electron chi connectivity index (χ1n) is 7.48. The Balaban J connectivity index is 2.28. The summed E-state index contributed by atoms with van der Waals surface area (Å²) in [5.41, 5.74) is 3.12. The molecule has 6 heteroatoms. The molecular weight excluding hydrogens is 294 g/mol. The second kappa shape index (κ2) is 6.64. The Kier molecular flexibility index (Phi) is 4.83. The predicted molar refractivity (Wildman–Crippen MR) is 86.6 cm³/mol. The van der Waals surface area contributed by atoms with Crippen molar-refractivity contribution in [3.05, 3.63) is 52.3 Å². The summed E-state index contributed by atoms with van der Waals surface area (Å²) in [7, 11) is 1.59. The molecule has 2 N–H and O–H groups in total. The largest absolute Gasteiger partial charge is 0.478 e. The van der Waals surface area contributed by atoms with Crippen molar-refractivity contribution in [2.45, 2.75) is 33.2 Å². The number of aryl methyl sites for hydroxylation is 3. The molecule has 0 bridgehead atoms. The molecule has 1 atom stereocenters. The highest BCUT2D eigenvalue weighted by Gasteiger charge is 2.23. The molecular formula is C17H21N3O3. The van der Waals surface area contributed by atoms with E-state index in [9.17, 15) is 14.7 Å². The van der Waals surface area contributed by atoms with E-state index >= 15 is 0 Å². The predicted octanol–water partition coefficient (Wildman–Crippen LogP) is 2.62. The number of hydrogen-bond acceptors (Lipinski definition) is 3. The first kappa shape index (κ1) is 16.7. The van der Waals surface area contributed by atoms with Gasteiger partial charge in [0.2, 0.25) is 0 Å². The molecule has 0 aliphatic carbocycles. The van der Waals surface area contributed by atoms with Gasteiger partial charge in [-0.15, -0.1) is 0 Å². The highest BCUT2D eigenvalue weighted by Crippen LogP contribution is 2.22. The molecule has 0 spiro atoms. The highest BCUT2D eigenvalue weighted by molar-refractivity contribution is 6.03. The average molecular weight is 315 g/mol. The minimum Gasteiger partial charge on any atom is -0.478 e. The lowest BCUT2D eigenvalue weighted by Crippen LogP contribution is -2.30. The van der Waals surface area contributed by atoms with Crippen molar-refractivity contribution in [3.8, 4) is 0 Å². The zero-order valence-corrected chi connectivity index (χ0v) is 13.8. The minimum absolute atomic E-state index is 0.0665. The molecule has 0 aliphatic heterocycles. The standard InChI is InChI=1S/C17H21N3O3/c1-5-14(12-7-6-10(2)8-11(12)3)18-16(21)15-13(17(22)23)9-20(4)19-15/h6-9,14H,5H2,1-4H3,(H,18,21)(H,22,23)/t14-/m1/s1. The van der Waals surface area contributed by atoms with Crippen molar-refractivity contribution < 1.29 is 14.7 Å². The van der Waals surface area contributed by atoms with Crippen molar-refractivity contribution in [2.24, 2.45) is 7.05 Å². The molecule has 0 saturated carbocycles. The van der Waals surface area contributed by atoms with E-state index in [0.717, 1.165) is 16.7 Å². The molecule has 1 aromatic heterocycles. The molecule has 1 amide bonds. The Labute approximate surface area is 135 Å². The minimum atomic E-state index is -1.16. The lowest BCUT2D eigenvalue weighted by molar-refractivity contribution is 0.0690. The lowest BCUT2D eigenvalue weighted by atomic mass is 9.97. The molecule has 0 radical (unpaired) electrons. The topological polar surface area (TPSA) is 84.2 Å². The van der Waals surface area contributed by atoms with Crippen LogP contribution in [0.5, 0.6) is 0 Å². The zero-order chi connectivity index (χ0) is 17.1. The van der Waals surface area contributed by atoms with E-state index in [1.807, 2.05) is 32.9 Å². The number of aromatic carboxylic acids is 1. The number of nitrogens with one attached hydrogen (secondary N) is 1. The van der Waals surface area contributed by atoms with Crippen LogP contribution in [0, 0.1) is 13.8 Å². The Bertz CT molecular complexity index is 750. The SMILES string of the molecule is CC[C@@H](NC(=O)c1nn(C)cc1C(=O)O)c1ccc(C)cc1C. The van der Waals surface area contributed by atoms with Crippen molar-refractivity contribution in [2.75, 3.05) is 0 Å². The molecule has 2 rings (SSSR count). The normalized spacial score (nSPS) is 12.0. The van der Waals surface area contributed by atoms with Gasteiger partial charge in [0, 0.05) is 13.2 Å². The fourth-order valence-corrected chi connectivity index (χ4v) is 2.66. The number of carboxylic acids is 1. The molecule has 23 heavy (non-hydrogen) atoms. The van der Waals surface area contributed by atoms with Crippen LogP contribution >= 0.6 is 0 Å². The Hall–Kier alpha value is -2.63. The zero-order valence-electron chi connectivity index (χ0n) is 13.8. The van der Waals surface area contributed by atoms with E-state index in [2.05, 4.69) is 16.5 Å². The Morgan fingerprint density at radius 1 is 1.35 bits per heavy atom. The van der Waals surface area contributed by atoms with Crippen LogP contribution < -0.4 is 5.32 Å². The first-order chi connectivity index (χ1) is 10.8. The monoisotopic (exact) mass is 315 g/mol. The summed E-state index contributed by atoms with van der Waals surface area (Å²) in [5.74, 6) is -1.64. The van der Waals surface area contributed by atoms with Gasteiger partial charge in [-0.05, 0) is 31.4 Å².